The molecule has 4 nitrogen and oxygen atoms in total. The number of nitrogens with zero attached hydrogens (tertiary/aromatic N) is 2. The van der Waals surface area contributed by atoms with Gasteiger partial charge in [0.2, 0.25) is 11.8 Å². The highest BCUT2D eigenvalue weighted by atomic mass is 16.4. The fraction of sp³-hybridized carbons (Fsp3) is 0.0667. The van der Waals surface area contributed by atoms with Crippen molar-refractivity contribution in [3.63, 3.8) is 0 Å². The summed E-state index contributed by atoms with van der Waals surface area (Å²) in [5.41, 5.74) is 9.85. The Morgan fingerprint density at radius 3 is 1.71 bits per heavy atom. The van der Waals surface area contributed by atoms with Crippen LogP contribution in [0.1, 0.15) is 22.3 Å². The Hall–Kier alpha value is -4.44. The smallest absolute Gasteiger partial charge is 0.227 e. The van der Waals surface area contributed by atoms with Crippen LogP contribution in [0.15, 0.2) is 93.8 Å². The Kier molecular flexibility index (Phi) is 4.84. The normalized spacial score (nSPS) is 11.7. The minimum atomic E-state index is 0.640. The molecule has 4 aromatic carbocycles. The number of fused-ring (bicyclic) bond motifs is 2. The maximum Gasteiger partial charge on any atom is 0.227 e. The van der Waals surface area contributed by atoms with Gasteiger partial charge in [-0.25, -0.2) is 9.97 Å². The summed E-state index contributed by atoms with van der Waals surface area (Å²) in [7, 11) is 0. The maximum absolute atomic E-state index is 5.93. The molecule has 0 aliphatic carbocycles. The topological polar surface area (TPSA) is 52.1 Å². The Morgan fingerprint density at radius 2 is 1.06 bits per heavy atom. The van der Waals surface area contributed by atoms with Crippen LogP contribution in [0.25, 0.3) is 57.3 Å². The molecule has 2 aromatic heterocycles. The highest BCUT2D eigenvalue weighted by Crippen LogP contribution is 2.27. The maximum atomic E-state index is 5.93. The molecule has 0 bridgehead atoms. The number of aromatic nitrogens is 2. The number of benzene rings is 4. The molecule has 0 radical (unpaired) electrons. The summed E-state index contributed by atoms with van der Waals surface area (Å²) in [6, 6.07) is 28.5. The molecule has 0 spiro atoms. The quantitative estimate of drug-likeness (QED) is 0.259. The highest BCUT2D eigenvalue weighted by molar-refractivity contribution is 5.79. The van der Waals surface area contributed by atoms with Crippen molar-refractivity contribution in [1.29, 1.82) is 0 Å². The molecule has 34 heavy (non-hydrogen) atoms. The third-order valence-corrected chi connectivity index (χ3v) is 5.87. The minimum Gasteiger partial charge on any atom is -0.436 e. The van der Waals surface area contributed by atoms with Gasteiger partial charge in [0.15, 0.2) is 11.2 Å². The van der Waals surface area contributed by atoms with Gasteiger partial charge in [0.1, 0.15) is 11.0 Å². The zero-order valence-corrected chi connectivity index (χ0v) is 18.9. The van der Waals surface area contributed by atoms with Crippen molar-refractivity contribution in [1.82, 2.24) is 9.97 Å². The molecule has 0 atom stereocenters. The van der Waals surface area contributed by atoms with Crippen molar-refractivity contribution in [2.75, 3.05) is 0 Å². The summed E-state index contributed by atoms with van der Waals surface area (Å²) in [4.78, 5) is 9.22. The third kappa shape index (κ3) is 3.90. The summed E-state index contributed by atoms with van der Waals surface area (Å²) >= 11 is 0. The first-order valence-corrected chi connectivity index (χ1v) is 11.2. The number of hydrogen-bond donors (Lipinski definition) is 0. The Bertz CT molecular complexity index is 1530. The average Bonchev–Trinajstić information content (AvgIpc) is 3.47. The van der Waals surface area contributed by atoms with Crippen molar-refractivity contribution in [3.8, 4) is 22.9 Å². The van der Waals surface area contributed by atoms with Crippen LogP contribution in [0, 0.1) is 13.8 Å². The van der Waals surface area contributed by atoms with E-state index in [0.29, 0.717) is 11.8 Å². The first-order chi connectivity index (χ1) is 16.6. The van der Waals surface area contributed by atoms with E-state index in [-0.39, 0.29) is 0 Å². The zero-order valence-electron chi connectivity index (χ0n) is 18.9. The molecule has 0 N–H and O–H groups in total. The van der Waals surface area contributed by atoms with E-state index in [0.717, 1.165) is 50.0 Å². The lowest BCUT2D eigenvalue weighted by Crippen LogP contribution is -1.79. The molecule has 6 aromatic rings. The summed E-state index contributed by atoms with van der Waals surface area (Å²) < 4.78 is 11.8. The fourth-order valence-electron chi connectivity index (χ4n) is 3.98. The molecular weight excluding hydrogens is 420 g/mol. The van der Waals surface area contributed by atoms with Gasteiger partial charge >= 0.3 is 0 Å². The van der Waals surface area contributed by atoms with E-state index in [9.17, 15) is 0 Å². The molecule has 0 saturated heterocycles. The standard InChI is InChI=1S/C30H22N2O2/c1-19-4-16-27-26(17-19)32-30(33-27)24-13-9-22(10-14-24)6-5-21-7-11-23(12-8-21)29-31-25-15-3-20(2)18-28(25)34-29/h3-18H,1-2H3. The molecule has 0 saturated carbocycles. The second kappa shape index (κ2) is 8.16. The molecule has 4 heteroatoms. The van der Waals surface area contributed by atoms with Crippen molar-refractivity contribution < 1.29 is 8.83 Å². The fourth-order valence-corrected chi connectivity index (χ4v) is 3.98. The van der Waals surface area contributed by atoms with Gasteiger partial charge in [-0.15, -0.1) is 0 Å². The molecule has 2 heterocycles. The molecule has 0 unspecified atom stereocenters. The van der Waals surface area contributed by atoms with Crippen LogP contribution in [0.2, 0.25) is 0 Å². The predicted octanol–water partition coefficient (Wildman–Crippen LogP) is 8.09. The van der Waals surface area contributed by atoms with E-state index in [1.807, 2.05) is 67.6 Å². The Balaban J connectivity index is 1.18. The van der Waals surface area contributed by atoms with Crippen molar-refractivity contribution in [2.45, 2.75) is 13.8 Å². The molecule has 0 amide bonds. The second-order valence-electron chi connectivity index (χ2n) is 8.56. The molecule has 0 aliphatic heterocycles. The van der Waals surface area contributed by atoms with Crippen LogP contribution < -0.4 is 0 Å². The summed E-state index contributed by atoms with van der Waals surface area (Å²) in [5.74, 6) is 1.28. The largest absolute Gasteiger partial charge is 0.436 e. The van der Waals surface area contributed by atoms with Crippen molar-refractivity contribution in [2.24, 2.45) is 0 Å². The van der Waals surface area contributed by atoms with Crippen LogP contribution in [0.4, 0.5) is 0 Å². The van der Waals surface area contributed by atoms with Crippen LogP contribution in [0.5, 0.6) is 0 Å². The van der Waals surface area contributed by atoms with Gasteiger partial charge in [0, 0.05) is 11.1 Å². The second-order valence-corrected chi connectivity index (χ2v) is 8.56. The molecule has 0 aliphatic rings. The van der Waals surface area contributed by atoms with Gasteiger partial charge in [-0.3, -0.25) is 0 Å². The van der Waals surface area contributed by atoms with Gasteiger partial charge in [-0.05, 0) is 84.6 Å². The van der Waals surface area contributed by atoms with E-state index in [2.05, 4.69) is 53.3 Å². The summed E-state index contributed by atoms with van der Waals surface area (Å²) in [6.07, 6.45) is 4.19. The van der Waals surface area contributed by atoms with Crippen LogP contribution >= 0.6 is 0 Å². The molecule has 0 fully saturated rings. The molecular formula is C30H22N2O2. The van der Waals surface area contributed by atoms with E-state index >= 15 is 0 Å². The van der Waals surface area contributed by atoms with E-state index in [1.165, 1.54) is 5.56 Å². The minimum absolute atomic E-state index is 0.640. The first kappa shape index (κ1) is 20.2. The van der Waals surface area contributed by atoms with Gasteiger partial charge < -0.3 is 8.83 Å². The third-order valence-electron chi connectivity index (χ3n) is 5.87. The molecule has 164 valence electrons. The zero-order chi connectivity index (χ0) is 23.1. The van der Waals surface area contributed by atoms with Gasteiger partial charge in [0.05, 0.1) is 0 Å². The first-order valence-electron chi connectivity index (χ1n) is 11.2. The van der Waals surface area contributed by atoms with Crippen LogP contribution in [0.3, 0.4) is 0 Å². The van der Waals surface area contributed by atoms with E-state index in [4.69, 9.17) is 8.83 Å². The van der Waals surface area contributed by atoms with Crippen molar-refractivity contribution in [3.05, 3.63) is 107 Å². The number of rotatable bonds is 4. The lowest BCUT2D eigenvalue weighted by molar-refractivity contribution is 0.619. The van der Waals surface area contributed by atoms with Gasteiger partial charge in [-0.1, -0.05) is 48.6 Å². The Labute approximate surface area is 197 Å². The Morgan fingerprint density at radius 1 is 0.529 bits per heavy atom. The van der Waals surface area contributed by atoms with Gasteiger partial charge in [0.25, 0.3) is 0 Å². The van der Waals surface area contributed by atoms with E-state index in [1.54, 1.807) is 0 Å². The van der Waals surface area contributed by atoms with Crippen LogP contribution in [-0.2, 0) is 0 Å². The summed E-state index contributed by atoms with van der Waals surface area (Å²) in [5, 5.41) is 0. The summed E-state index contributed by atoms with van der Waals surface area (Å²) in [6.45, 7) is 4.10. The number of aryl methyl sites for hydroxylation is 2. The van der Waals surface area contributed by atoms with Gasteiger partial charge in [-0.2, -0.15) is 0 Å². The van der Waals surface area contributed by atoms with Crippen molar-refractivity contribution >= 4 is 34.4 Å². The van der Waals surface area contributed by atoms with Crippen LogP contribution in [-0.4, -0.2) is 9.97 Å². The lowest BCUT2D eigenvalue weighted by atomic mass is 10.1. The lowest BCUT2D eigenvalue weighted by Gasteiger charge is -1.99. The SMILES string of the molecule is Cc1ccc2oc(-c3ccc(C=Cc4ccc(-c5nc6ccc(C)cc6o5)cc4)cc3)nc2c1. The highest BCUT2D eigenvalue weighted by Gasteiger charge is 2.09. The number of hydrogen-bond acceptors (Lipinski definition) is 4. The predicted molar refractivity (Wildman–Crippen MR) is 137 cm³/mol. The monoisotopic (exact) mass is 442 g/mol. The van der Waals surface area contributed by atoms with E-state index < -0.39 is 0 Å². The molecule has 6 rings (SSSR count). The number of oxazole rings is 2. The average molecular weight is 443 g/mol.